The molecule has 0 aromatic carbocycles. The average Bonchev–Trinajstić information content (AvgIpc) is 1.89. The first-order valence-corrected chi connectivity index (χ1v) is 3.87. The lowest BCUT2D eigenvalue weighted by atomic mass is 9.98. The molecule has 2 fully saturated rings. The highest BCUT2D eigenvalue weighted by Gasteiger charge is 2.32. The monoisotopic (exact) mass is 143 g/mol. The first-order valence-electron chi connectivity index (χ1n) is 3.87. The highest BCUT2D eigenvalue weighted by atomic mass is 16.5. The van der Waals surface area contributed by atoms with E-state index in [-0.39, 0.29) is 0 Å². The van der Waals surface area contributed by atoms with Gasteiger partial charge in [0.05, 0.1) is 25.9 Å². The molecule has 2 aliphatic rings. The van der Waals surface area contributed by atoms with E-state index in [1.807, 2.05) is 0 Å². The van der Waals surface area contributed by atoms with Crippen molar-refractivity contribution >= 4 is 0 Å². The van der Waals surface area contributed by atoms with Crippen LogP contribution in [0.15, 0.2) is 0 Å². The zero-order valence-corrected chi connectivity index (χ0v) is 6.01. The van der Waals surface area contributed by atoms with Gasteiger partial charge in [-0.15, -0.1) is 0 Å². The molecule has 2 saturated heterocycles. The van der Waals surface area contributed by atoms with Gasteiger partial charge in [-0.1, -0.05) is 0 Å². The standard InChI is InChI=1S/C7H13NO2/c1-2-9-5-7-6(3-8-1)4-10-7/h6-8H,1-5H2. The fraction of sp³-hybridized carbons (Fsp3) is 1.00. The molecule has 3 nitrogen and oxygen atoms in total. The molecule has 3 heteroatoms. The molecule has 2 rings (SSSR count). The van der Waals surface area contributed by atoms with Gasteiger partial charge in [0.25, 0.3) is 0 Å². The van der Waals surface area contributed by atoms with Crippen molar-refractivity contribution in [1.82, 2.24) is 5.32 Å². The molecule has 1 N–H and O–H groups in total. The number of nitrogens with one attached hydrogen (secondary N) is 1. The predicted octanol–water partition coefficient (Wildman–Crippen LogP) is -0.379. The summed E-state index contributed by atoms with van der Waals surface area (Å²) >= 11 is 0. The molecule has 0 spiro atoms. The fourth-order valence-corrected chi connectivity index (χ4v) is 1.37. The quantitative estimate of drug-likeness (QED) is 0.501. The largest absolute Gasteiger partial charge is 0.377 e. The van der Waals surface area contributed by atoms with Crippen LogP contribution >= 0.6 is 0 Å². The third kappa shape index (κ3) is 1.17. The van der Waals surface area contributed by atoms with Crippen LogP contribution in [0, 0.1) is 5.92 Å². The molecule has 0 aromatic heterocycles. The third-order valence-corrected chi connectivity index (χ3v) is 2.16. The summed E-state index contributed by atoms with van der Waals surface area (Å²) in [5.74, 6) is 0.709. The van der Waals surface area contributed by atoms with E-state index in [4.69, 9.17) is 9.47 Å². The van der Waals surface area contributed by atoms with Crippen LogP contribution in [0.25, 0.3) is 0 Å². The van der Waals surface area contributed by atoms with Crippen LogP contribution in [0.1, 0.15) is 0 Å². The van der Waals surface area contributed by atoms with Gasteiger partial charge in [0.15, 0.2) is 0 Å². The maximum atomic E-state index is 5.32. The number of ether oxygens (including phenoxy) is 2. The molecule has 2 atom stereocenters. The van der Waals surface area contributed by atoms with E-state index in [2.05, 4.69) is 5.32 Å². The van der Waals surface area contributed by atoms with Gasteiger partial charge in [-0.25, -0.2) is 0 Å². The van der Waals surface area contributed by atoms with Crippen LogP contribution in [0.3, 0.4) is 0 Å². The SMILES string of the molecule is C1COCC2OCC2CN1. The molecule has 2 heterocycles. The predicted molar refractivity (Wildman–Crippen MR) is 36.9 cm³/mol. The molecule has 0 aliphatic carbocycles. The van der Waals surface area contributed by atoms with Crippen molar-refractivity contribution in [2.24, 2.45) is 5.92 Å². The van der Waals surface area contributed by atoms with E-state index < -0.39 is 0 Å². The number of hydrogen-bond donors (Lipinski definition) is 1. The minimum atomic E-state index is 0.382. The second kappa shape index (κ2) is 2.86. The molecule has 0 saturated carbocycles. The van der Waals surface area contributed by atoms with Crippen molar-refractivity contribution in [2.45, 2.75) is 6.10 Å². The third-order valence-electron chi connectivity index (χ3n) is 2.16. The fourth-order valence-electron chi connectivity index (χ4n) is 1.37. The Kier molecular flexibility index (Phi) is 1.88. The molecule has 0 aromatic rings. The van der Waals surface area contributed by atoms with Gasteiger partial charge in [-0.05, 0) is 0 Å². The van der Waals surface area contributed by atoms with Gasteiger partial charge < -0.3 is 14.8 Å². The maximum Gasteiger partial charge on any atom is 0.0870 e. The molecule has 0 bridgehead atoms. The van der Waals surface area contributed by atoms with Crippen molar-refractivity contribution in [3.8, 4) is 0 Å². The maximum absolute atomic E-state index is 5.32. The van der Waals surface area contributed by atoms with Gasteiger partial charge in [0, 0.05) is 19.0 Å². The van der Waals surface area contributed by atoms with Gasteiger partial charge in [0.2, 0.25) is 0 Å². The summed E-state index contributed by atoms with van der Waals surface area (Å²) in [6.07, 6.45) is 0.382. The summed E-state index contributed by atoms with van der Waals surface area (Å²) in [5, 5.41) is 3.31. The van der Waals surface area contributed by atoms with Crippen molar-refractivity contribution in [3.63, 3.8) is 0 Å². The van der Waals surface area contributed by atoms with Gasteiger partial charge in [-0.2, -0.15) is 0 Å². The topological polar surface area (TPSA) is 30.5 Å². The molecular weight excluding hydrogens is 130 g/mol. The summed E-state index contributed by atoms with van der Waals surface area (Å²) in [6.45, 7) is 4.64. The Balaban J connectivity index is 1.83. The summed E-state index contributed by atoms with van der Waals surface area (Å²) in [7, 11) is 0. The minimum Gasteiger partial charge on any atom is -0.377 e. The first kappa shape index (κ1) is 6.58. The van der Waals surface area contributed by atoms with E-state index >= 15 is 0 Å². The van der Waals surface area contributed by atoms with Crippen molar-refractivity contribution in [2.75, 3.05) is 32.9 Å². The lowest BCUT2D eigenvalue weighted by Gasteiger charge is -2.38. The zero-order chi connectivity index (χ0) is 6.81. The molecule has 2 aliphatic heterocycles. The number of fused-ring (bicyclic) bond motifs is 1. The zero-order valence-electron chi connectivity index (χ0n) is 6.01. The van der Waals surface area contributed by atoms with E-state index in [0.29, 0.717) is 12.0 Å². The summed E-state index contributed by atoms with van der Waals surface area (Å²) in [5.41, 5.74) is 0. The van der Waals surface area contributed by atoms with Crippen molar-refractivity contribution in [3.05, 3.63) is 0 Å². The van der Waals surface area contributed by atoms with Crippen LogP contribution in [0.2, 0.25) is 0 Å². The lowest BCUT2D eigenvalue weighted by Crippen LogP contribution is -2.50. The highest BCUT2D eigenvalue weighted by Crippen LogP contribution is 2.20. The molecule has 0 radical (unpaired) electrons. The van der Waals surface area contributed by atoms with Crippen molar-refractivity contribution < 1.29 is 9.47 Å². The Morgan fingerprint density at radius 2 is 2.30 bits per heavy atom. The van der Waals surface area contributed by atoms with Crippen LogP contribution < -0.4 is 5.32 Å². The minimum absolute atomic E-state index is 0.382. The van der Waals surface area contributed by atoms with Crippen LogP contribution in [-0.2, 0) is 9.47 Å². The summed E-state index contributed by atoms with van der Waals surface area (Å²) in [6, 6.07) is 0. The van der Waals surface area contributed by atoms with E-state index in [9.17, 15) is 0 Å². The Morgan fingerprint density at radius 3 is 3.10 bits per heavy atom. The van der Waals surface area contributed by atoms with E-state index in [0.717, 1.165) is 32.9 Å². The van der Waals surface area contributed by atoms with E-state index in [1.165, 1.54) is 0 Å². The second-order valence-corrected chi connectivity index (χ2v) is 2.91. The van der Waals surface area contributed by atoms with Crippen LogP contribution in [-0.4, -0.2) is 39.0 Å². The Labute approximate surface area is 60.7 Å². The highest BCUT2D eigenvalue weighted by molar-refractivity contribution is 4.81. The summed E-state index contributed by atoms with van der Waals surface area (Å²) < 4.78 is 10.6. The molecule has 10 heavy (non-hydrogen) atoms. The van der Waals surface area contributed by atoms with Crippen LogP contribution in [0.5, 0.6) is 0 Å². The lowest BCUT2D eigenvalue weighted by molar-refractivity contribution is -0.150. The smallest absolute Gasteiger partial charge is 0.0870 e. The number of hydrogen-bond acceptors (Lipinski definition) is 3. The molecule has 2 unspecified atom stereocenters. The Bertz CT molecular complexity index is 104. The molecular formula is C7H13NO2. The van der Waals surface area contributed by atoms with Gasteiger partial charge >= 0.3 is 0 Å². The molecule has 0 amide bonds. The Hall–Kier alpha value is -0.120. The normalized spacial score (nSPS) is 40.8. The summed E-state index contributed by atoms with van der Waals surface area (Å²) in [4.78, 5) is 0. The van der Waals surface area contributed by atoms with E-state index in [1.54, 1.807) is 0 Å². The van der Waals surface area contributed by atoms with Gasteiger partial charge in [-0.3, -0.25) is 0 Å². The molecule has 58 valence electrons. The second-order valence-electron chi connectivity index (χ2n) is 2.91. The number of rotatable bonds is 0. The van der Waals surface area contributed by atoms with Crippen LogP contribution in [0.4, 0.5) is 0 Å². The van der Waals surface area contributed by atoms with Gasteiger partial charge in [0.1, 0.15) is 0 Å². The average molecular weight is 143 g/mol. The Morgan fingerprint density at radius 1 is 1.30 bits per heavy atom. The first-order chi connectivity index (χ1) is 4.97. The van der Waals surface area contributed by atoms with Crippen molar-refractivity contribution in [1.29, 1.82) is 0 Å².